The van der Waals surface area contributed by atoms with Crippen molar-refractivity contribution in [2.75, 3.05) is 26.2 Å². The van der Waals surface area contributed by atoms with E-state index in [1.165, 1.54) is 26.1 Å². The van der Waals surface area contributed by atoms with Gasteiger partial charge in [-0.1, -0.05) is 27.7 Å². The van der Waals surface area contributed by atoms with Gasteiger partial charge in [0.15, 0.2) is 0 Å². The summed E-state index contributed by atoms with van der Waals surface area (Å²) in [6.45, 7) is 13.8. The van der Waals surface area contributed by atoms with E-state index in [0.29, 0.717) is 11.3 Å². The van der Waals surface area contributed by atoms with Gasteiger partial charge in [-0.05, 0) is 36.8 Å². The van der Waals surface area contributed by atoms with Crippen LogP contribution in [0.15, 0.2) is 0 Å². The van der Waals surface area contributed by atoms with Crippen molar-refractivity contribution >= 4 is 0 Å². The van der Waals surface area contributed by atoms with Crippen molar-refractivity contribution in [2.45, 2.75) is 34.1 Å². The van der Waals surface area contributed by atoms with Crippen LogP contribution in [0, 0.1) is 17.3 Å². The van der Waals surface area contributed by atoms with Gasteiger partial charge in [0.1, 0.15) is 0 Å². The zero-order valence-corrected chi connectivity index (χ0v) is 10.2. The molecule has 1 heterocycles. The maximum Gasteiger partial charge on any atom is 0.00302 e. The van der Waals surface area contributed by atoms with Gasteiger partial charge in [-0.2, -0.15) is 0 Å². The second-order valence-electron chi connectivity index (χ2n) is 6.06. The first-order valence-corrected chi connectivity index (χ1v) is 5.85. The fourth-order valence-corrected chi connectivity index (χ4v) is 2.35. The van der Waals surface area contributed by atoms with Crippen molar-refractivity contribution in [1.29, 1.82) is 0 Å². The molecule has 14 heavy (non-hydrogen) atoms. The molecule has 0 radical (unpaired) electrons. The zero-order chi connectivity index (χ0) is 10.8. The molecule has 1 saturated heterocycles. The summed E-state index contributed by atoms with van der Waals surface area (Å²) in [7, 11) is 0. The molecule has 0 amide bonds. The van der Waals surface area contributed by atoms with Crippen LogP contribution in [0.25, 0.3) is 0 Å². The van der Waals surface area contributed by atoms with Gasteiger partial charge < -0.3 is 10.6 Å². The Labute approximate surface area is 88.8 Å². The first kappa shape index (κ1) is 12.0. The second-order valence-corrected chi connectivity index (χ2v) is 6.06. The third kappa shape index (κ3) is 3.58. The van der Waals surface area contributed by atoms with Gasteiger partial charge in [-0.3, -0.25) is 0 Å². The number of rotatable bonds is 2. The van der Waals surface area contributed by atoms with Crippen LogP contribution in [0.1, 0.15) is 34.1 Å². The third-order valence-electron chi connectivity index (χ3n) is 3.20. The molecule has 0 aromatic rings. The van der Waals surface area contributed by atoms with Gasteiger partial charge in [0, 0.05) is 13.1 Å². The van der Waals surface area contributed by atoms with E-state index >= 15 is 0 Å². The molecule has 2 N–H and O–H groups in total. The summed E-state index contributed by atoms with van der Waals surface area (Å²) in [4.78, 5) is 2.58. The Morgan fingerprint density at radius 3 is 2.50 bits per heavy atom. The molecule has 0 bridgehead atoms. The molecule has 2 unspecified atom stereocenters. The largest absolute Gasteiger partial charge is 0.330 e. The van der Waals surface area contributed by atoms with Crippen molar-refractivity contribution in [3.63, 3.8) is 0 Å². The maximum absolute atomic E-state index is 5.79. The molecule has 1 rings (SSSR count). The van der Waals surface area contributed by atoms with E-state index < -0.39 is 0 Å². The summed E-state index contributed by atoms with van der Waals surface area (Å²) >= 11 is 0. The molecular weight excluding hydrogens is 172 g/mol. The predicted octanol–water partition coefficient (Wildman–Crippen LogP) is 1.95. The monoisotopic (exact) mass is 198 g/mol. The Bertz CT molecular complexity index is 172. The number of likely N-dealkylation sites (tertiary alicyclic amines) is 1. The highest BCUT2D eigenvalue weighted by Gasteiger charge is 2.27. The van der Waals surface area contributed by atoms with Crippen LogP contribution in [-0.4, -0.2) is 31.1 Å². The summed E-state index contributed by atoms with van der Waals surface area (Å²) in [5.74, 6) is 1.53. The average Bonchev–Trinajstić information content (AvgIpc) is 2.06. The third-order valence-corrected chi connectivity index (χ3v) is 3.20. The first-order chi connectivity index (χ1) is 6.42. The highest BCUT2D eigenvalue weighted by molar-refractivity contribution is 4.80. The van der Waals surface area contributed by atoms with Gasteiger partial charge in [-0.25, -0.2) is 0 Å². The molecule has 0 aromatic carbocycles. The van der Waals surface area contributed by atoms with Crippen molar-refractivity contribution < 1.29 is 0 Å². The van der Waals surface area contributed by atoms with Crippen LogP contribution in [0.2, 0.25) is 0 Å². The number of nitrogens with zero attached hydrogens (tertiary/aromatic N) is 1. The molecule has 0 aromatic heterocycles. The van der Waals surface area contributed by atoms with Crippen molar-refractivity contribution in [2.24, 2.45) is 23.0 Å². The Balaban J connectivity index is 2.43. The number of hydrogen-bond acceptors (Lipinski definition) is 2. The number of hydrogen-bond donors (Lipinski definition) is 1. The highest BCUT2D eigenvalue weighted by atomic mass is 15.1. The fraction of sp³-hybridized carbons (Fsp3) is 1.00. The summed E-state index contributed by atoms with van der Waals surface area (Å²) < 4.78 is 0. The molecule has 2 heteroatoms. The molecule has 2 atom stereocenters. The van der Waals surface area contributed by atoms with Crippen LogP contribution < -0.4 is 5.73 Å². The van der Waals surface area contributed by atoms with Crippen LogP contribution in [0.5, 0.6) is 0 Å². The van der Waals surface area contributed by atoms with E-state index in [0.717, 1.165) is 12.5 Å². The lowest BCUT2D eigenvalue weighted by Crippen LogP contribution is -2.45. The average molecular weight is 198 g/mol. The maximum atomic E-state index is 5.79. The minimum Gasteiger partial charge on any atom is -0.330 e. The first-order valence-electron chi connectivity index (χ1n) is 5.85. The second kappa shape index (κ2) is 4.63. The lowest BCUT2D eigenvalue weighted by atomic mass is 9.85. The van der Waals surface area contributed by atoms with E-state index in [9.17, 15) is 0 Å². The Kier molecular flexibility index (Phi) is 3.96. The SMILES string of the molecule is CC1CCN(CC(C)(C)C)CC1CN. The van der Waals surface area contributed by atoms with E-state index in [-0.39, 0.29) is 0 Å². The van der Waals surface area contributed by atoms with Crippen molar-refractivity contribution in [1.82, 2.24) is 4.90 Å². The van der Waals surface area contributed by atoms with E-state index in [4.69, 9.17) is 5.73 Å². The normalized spacial score (nSPS) is 30.6. The van der Waals surface area contributed by atoms with Gasteiger partial charge in [0.2, 0.25) is 0 Å². The van der Waals surface area contributed by atoms with Crippen LogP contribution in [0.3, 0.4) is 0 Å². The molecule has 84 valence electrons. The van der Waals surface area contributed by atoms with Crippen molar-refractivity contribution in [3.8, 4) is 0 Å². The molecule has 1 aliphatic rings. The minimum atomic E-state index is 0.416. The molecule has 2 nitrogen and oxygen atoms in total. The van der Waals surface area contributed by atoms with Crippen LogP contribution in [0.4, 0.5) is 0 Å². The topological polar surface area (TPSA) is 29.3 Å². The molecule has 1 aliphatic heterocycles. The Morgan fingerprint density at radius 1 is 1.36 bits per heavy atom. The zero-order valence-electron chi connectivity index (χ0n) is 10.2. The summed E-state index contributed by atoms with van der Waals surface area (Å²) in [5, 5.41) is 0. The van der Waals surface area contributed by atoms with Gasteiger partial charge in [0.05, 0.1) is 0 Å². The molecular formula is C12H26N2. The molecule has 1 fully saturated rings. The van der Waals surface area contributed by atoms with E-state index in [1.807, 2.05) is 0 Å². The summed E-state index contributed by atoms with van der Waals surface area (Å²) in [5.41, 5.74) is 6.21. The van der Waals surface area contributed by atoms with E-state index in [1.54, 1.807) is 0 Å². The molecule has 0 saturated carbocycles. The lowest BCUT2D eigenvalue weighted by Gasteiger charge is -2.39. The Morgan fingerprint density at radius 2 is 2.00 bits per heavy atom. The lowest BCUT2D eigenvalue weighted by molar-refractivity contribution is 0.0984. The van der Waals surface area contributed by atoms with Gasteiger partial charge >= 0.3 is 0 Å². The van der Waals surface area contributed by atoms with Crippen LogP contribution in [-0.2, 0) is 0 Å². The highest BCUT2D eigenvalue weighted by Crippen LogP contribution is 2.25. The quantitative estimate of drug-likeness (QED) is 0.735. The number of piperidine rings is 1. The minimum absolute atomic E-state index is 0.416. The van der Waals surface area contributed by atoms with Gasteiger partial charge in [0.25, 0.3) is 0 Å². The summed E-state index contributed by atoms with van der Waals surface area (Å²) in [6, 6.07) is 0. The fourth-order valence-electron chi connectivity index (χ4n) is 2.35. The molecule has 0 aliphatic carbocycles. The number of nitrogens with two attached hydrogens (primary N) is 1. The molecule has 0 spiro atoms. The van der Waals surface area contributed by atoms with Crippen LogP contribution >= 0.6 is 0 Å². The standard InChI is InChI=1S/C12H26N2/c1-10-5-6-14(8-11(10)7-13)9-12(2,3)4/h10-11H,5-9,13H2,1-4H3. The van der Waals surface area contributed by atoms with Gasteiger partial charge in [-0.15, -0.1) is 0 Å². The predicted molar refractivity (Wildman–Crippen MR) is 62.2 cm³/mol. The Hall–Kier alpha value is -0.0800. The summed E-state index contributed by atoms with van der Waals surface area (Å²) in [6.07, 6.45) is 1.32. The smallest absolute Gasteiger partial charge is 0.00302 e. The van der Waals surface area contributed by atoms with E-state index in [2.05, 4.69) is 32.6 Å². The van der Waals surface area contributed by atoms with Crippen molar-refractivity contribution in [3.05, 3.63) is 0 Å².